The van der Waals surface area contributed by atoms with Crippen LogP contribution in [0.4, 0.5) is 11.5 Å². The van der Waals surface area contributed by atoms with E-state index in [4.69, 9.17) is 16.3 Å². The third-order valence-corrected chi connectivity index (χ3v) is 6.89. The van der Waals surface area contributed by atoms with E-state index in [1.165, 1.54) is 49.9 Å². The first-order chi connectivity index (χ1) is 17.5. The maximum absolute atomic E-state index is 13.0. The van der Waals surface area contributed by atoms with Crippen LogP contribution >= 0.6 is 11.6 Å². The first-order valence-corrected chi connectivity index (χ1v) is 13.2. The van der Waals surface area contributed by atoms with Crippen molar-refractivity contribution >= 4 is 50.6 Å². The van der Waals surface area contributed by atoms with E-state index < -0.39 is 27.5 Å². The molecule has 0 aliphatic heterocycles. The number of hydrogen-bond acceptors (Lipinski definition) is 7. The Hall–Kier alpha value is -3.80. The summed E-state index contributed by atoms with van der Waals surface area (Å²) in [5.41, 5.74) is 0.640. The van der Waals surface area contributed by atoms with Gasteiger partial charge in [-0.2, -0.15) is 4.36 Å². The van der Waals surface area contributed by atoms with Gasteiger partial charge >= 0.3 is 0 Å². The molecule has 0 aliphatic carbocycles. The summed E-state index contributed by atoms with van der Waals surface area (Å²) in [5.74, 6) is -0.823. The average Bonchev–Trinajstić information content (AvgIpc) is 2.84. The van der Waals surface area contributed by atoms with Crippen molar-refractivity contribution in [1.82, 2.24) is 9.88 Å². The number of halogens is 1. The van der Waals surface area contributed by atoms with Gasteiger partial charge in [-0.3, -0.25) is 14.4 Å². The predicted octanol–water partition coefficient (Wildman–Crippen LogP) is 3.79. The smallest absolute Gasteiger partial charge is 0.268 e. The van der Waals surface area contributed by atoms with Gasteiger partial charge in [0.25, 0.3) is 17.7 Å². The molecule has 0 saturated heterocycles. The maximum Gasteiger partial charge on any atom is 0.268 e. The molecule has 3 rings (SSSR count). The van der Waals surface area contributed by atoms with Crippen LogP contribution in [0.5, 0.6) is 5.75 Å². The van der Waals surface area contributed by atoms with Gasteiger partial charge in [0.15, 0.2) is 0 Å². The van der Waals surface area contributed by atoms with E-state index >= 15 is 0 Å². The van der Waals surface area contributed by atoms with Crippen molar-refractivity contribution in [3.8, 4) is 5.75 Å². The molecule has 1 heterocycles. The van der Waals surface area contributed by atoms with Gasteiger partial charge < -0.3 is 20.3 Å². The van der Waals surface area contributed by atoms with Crippen LogP contribution in [-0.2, 0) is 14.5 Å². The molecule has 2 aromatic carbocycles. The van der Waals surface area contributed by atoms with Gasteiger partial charge in [0, 0.05) is 22.9 Å². The minimum atomic E-state index is -2.98. The van der Waals surface area contributed by atoms with E-state index in [9.17, 15) is 18.6 Å². The molecule has 3 aromatic rings. The Bertz CT molecular complexity index is 1430. The molecule has 1 unspecified atom stereocenters. The number of carbonyl (C=O) groups excluding carboxylic acids is 3. The van der Waals surface area contributed by atoms with E-state index in [1.54, 1.807) is 43.3 Å². The number of methoxy groups -OCH3 is 1. The second kappa shape index (κ2) is 12.0. The number of anilines is 2. The fourth-order valence-corrected chi connectivity index (χ4v) is 4.48. The van der Waals surface area contributed by atoms with Crippen LogP contribution in [0.2, 0.25) is 5.02 Å². The van der Waals surface area contributed by atoms with E-state index in [2.05, 4.69) is 20.0 Å². The van der Waals surface area contributed by atoms with E-state index in [1.807, 2.05) is 0 Å². The Labute approximate surface area is 220 Å². The highest BCUT2D eigenvalue weighted by atomic mass is 35.5. The number of carbonyl (C=O) groups is 3. The Balaban J connectivity index is 1.81. The number of nitrogens with one attached hydrogen (secondary N) is 2. The van der Waals surface area contributed by atoms with E-state index in [0.717, 1.165) is 0 Å². The molecule has 0 saturated carbocycles. The number of hydrogen-bond donors (Lipinski definition) is 2. The Morgan fingerprint density at radius 3 is 2.32 bits per heavy atom. The van der Waals surface area contributed by atoms with Crippen LogP contribution < -0.4 is 15.4 Å². The number of aromatic nitrogens is 1. The van der Waals surface area contributed by atoms with Crippen molar-refractivity contribution in [2.75, 3.05) is 44.6 Å². The van der Waals surface area contributed by atoms with Gasteiger partial charge in [0.2, 0.25) is 0 Å². The third-order valence-electron chi connectivity index (χ3n) is 4.97. The molecular weight excluding hydrogens is 518 g/mol. The van der Waals surface area contributed by atoms with Crippen molar-refractivity contribution < 1.29 is 23.3 Å². The van der Waals surface area contributed by atoms with Crippen molar-refractivity contribution in [3.63, 3.8) is 0 Å². The number of amides is 3. The first kappa shape index (κ1) is 27.8. The molecule has 37 heavy (non-hydrogen) atoms. The highest BCUT2D eigenvalue weighted by molar-refractivity contribution is 7.93. The number of ether oxygens (including phenoxy) is 1. The van der Waals surface area contributed by atoms with Gasteiger partial charge in [-0.05, 0) is 68.7 Å². The van der Waals surface area contributed by atoms with Crippen molar-refractivity contribution in [1.29, 1.82) is 0 Å². The molecule has 10 nitrogen and oxygen atoms in total. The molecule has 0 radical (unpaired) electrons. The number of rotatable bonds is 8. The summed E-state index contributed by atoms with van der Waals surface area (Å²) in [6.45, 7) is 0.0389. The molecule has 3 amide bonds. The van der Waals surface area contributed by atoms with Crippen LogP contribution in [0.3, 0.4) is 0 Å². The van der Waals surface area contributed by atoms with Gasteiger partial charge in [-0.25, -0.2) is 9.19 Å². The third kappa shape index (κ3) is 7.59. The molecule has 1 aromatic heterocycles. The quantitative estimate of drug-likeness (QED) is 0.442. The minimum absolute atomic E-state index is 0.0389. The summed E-state index contributed by atoms with van der Waals surface area (Å²) in [6.07, 6.45) is 2.77. The lowest BCUT2D eigenvalue weighted by molar-refractivity contribution is -0.118. The summed E-state index contributed by atoms with van der Waals surface area (Å²) in [5, 5.41) is 5.79. The van der Waals surface area contributed by atoms with Crippen LogP contribution in [0.25, 0.3) is 0 Å². The molecule has 0 spiro atoms. The topological polar surface area (TPSA) is 130 Å². The lowest BCUT2D eigenvalue weighted by atomic mass is 10.1. The SMILES string of the molecule is COc1ccc(NC(=O)c2ccc(S(C)(=O)=NC(=O)CN(C)C)cc2)c(C(=O)Nc2ccc(Cl)cn2)c1. The Kier molecular flexibility index (Phi) is 8.98. The highest BCUT2D eigenvalue weighted by Gasteiger charge is 2.17. The molecule has 0 bridgehead atoms. The van der Waals surface area contributed by atoms with Crippen LogP contribution in [-0.4, -0.2) is 65.8 Å². The summed E-state index contributed by atoms with van der Waals surface area (Å²) in [6, 6.07) is 13.7. The molecule has 1 atom stereocenters. The zero-order valence-electron chi connectivity index (χ0n) is 20.6. The van der Waals surface area contributed by atoms with Gasteiger partial charge in [0.05, 0.1) is 39.7 Å². The van der Waals surface area contributed by atoms with Gasteiger partial charge in [-0.15, -0.1) is 0 Å². The first-order valence-electron chi connectivity index (χ1n) is 10.9. The van der Waals surface area contributed by atoms with E-state index in [-0.39, 0.29) is 29.2 Å². The lowest BCUT2D eigenvalue weighted by Crippen LogP contribution is -2.21. The molecule has 194 valence electrons. The number of benzene rings is 2. The predicted molar refractivity (Wildman–Crippen MR) is 143 cm³/mol. The van der Waals surface area contributed by atoms with Crippen LogP contribution in [0.15, 0.2) is 70.1 Å². The molecule has 0 fully saturated rings. The van der Waals surface area contributed by atoms with Crippen LogP contribution in [0.1, 0.15) is 20.7 Å². The summed E-state index contributed by atoms with van der Waals surface area (Å²) < 4.78 is 22.0. The second-order valence-electron chi connectivity index (χ2n) is 8.23. The lowest BCUT2D eigenvalue weighted by Gasteiger charge is -2.13. The molecule has 12 heteroatoms. The van der Waals surface area contributed by atoms with Gasteiger partial charge in [0.1, 0.15) is 11.6 Å². The average molecular weight is 544 g/mol. The zero-order valence-corrected chi connectivity index (χ0v) is 22.2. The summed E-state index contributed by atoms with van der Waals surface area (Å²) in [7, 11) is 1.91. The van der Waals surface area contributed by atoms with Crippen molar-refractivity contribution in [2.24, 2.45) is 4.36 Å². The minimum Gasteiger partial charge on any atom is -0.497 e. The normalized spacial score (nSPS) is 12.4. The van der Waals surface area contributed by atoms with Gasteiger partial charge in [-0.1, -0.05) is 11.6 Å². The fraction of sp³-hybridized carbons (Fsp3) is 0.200. The van der Waals surface area contributed by atoms with Crippen molar-refractivity contribution in [3.05, 3.63) is 76.9 Å². The fourth-order valence-electron chi connectivity index (χ4n) is 3.18. The zero-order chi connectivity index (χ0) is 27.2. The highest BCUT2D eigenvalue weighted by Crippen LogP contribution is 2.24. The summed E-state index contributed by atoms with van der Waals surface area (Å²) in [4.78, 5) is 43.9. The number of nitrogens with zero attached hydrogens (tertiary/aromatic N) is 3. The Morgan fingerprint density at radius 1 is 1.03 bits per heavy atom. The standard InChI is InChI=1S/C25H26ClN5O5S/c1-31(2)15-23(32)30-37(4,35)19-9-5-16(6-10-19)24(33)28-21-11-8-18(36-3)13-20(21)25(34)29-22-12-7-17(26)14-27-22/h5-14H,15H2,1-4H3,(H,28,33)(H,27,29,34). The Morgan fingerprint density at radius 2 is 1.73 bits per heavy atom. The molecule has 2 N–H and O–H groups in total. The monoisotopic (exact) mass is 543 g/mol. The summed E-state index contributed by atoms with van der Waals surface area (Å²) >= 11 is 5.84. The second-order valence-corrected chi connectivity index (χ2v) is 10.9. The largest absolute Gasteiger partial charge is 0.497 e. The van der Waals surface area contributed by atoms with Crippen LogP contribution in [0, 0.1) is 0 Å². The maximum atomic E-state index is 13.0. The van der Waals surface area contributed by atoms with E-state index in [0.29, 0.717) is 15.7 Å². The molecular formula is C25H26ClN5O5S. The number of likely N-dealkylation sites (N-methyl/N-ethyl adjacent to an activating group) is 1. The van der Waals surface area contributed by atoms with Crippen molar-refractivity contribution in [2.45, 2.75) is 4.90 Å². The molecule has 0 aliphatic rings. The number of pyridine rings is 1.